The van der Waals surface area contributed by atoms with Crippen LogP contribution in [-0.4, -0.2) is 29.1 Å². The van der Waals surface area contributed by atoms with E-state index in [9.17, 15) is 27.5 Å². The third-order valence-electron chi connectivity index (χ3n) is 4.91. The molecule has 1 heterocycles. The van der Waals surface area contributed by atoms with E-state index < -0.39 is 35.5 Å². The first kappa shape index (κ1) is 19.4. The van der Waals surface area contributed by atoms with Crippen LogP contribution < -0.4 is 0 Å². The minimum Gasteiger partial charge on any atom is -0.481 e. The third-order valence-corrected chi connectivity index (χ3v) is 4.91. The van der Waals surface area contributed by atoms with Crippen molar-refractivity contribution in [2.75, 3.05) is 13.1 Å². The number of carboxylic acid groups (broad SMARTS) is 1. The molecule has 0 aliphatic carbocycles. The van der Waals surface area contributed by atoms with E-state index in [1.807, 2.05) is 4.90 Å². The van der Waals surface area contributed by atoms with Gasteiger partial charge in [0.05, 0.1) is 17.5 Å². The molecule has 0 radical (unpaired) electrons. The van der Waals surface area contributed by atoms with E-state index in [1.54, 1.807) is 12.1 Å². The van der Waals surface area contributed by atoms with Crippen LogP contribution in [0, 0.1) is 11.7 Å². The number of rotatable bonds is 4. The monoisotopic (exact) mass is 381 g/mol. The summed E-state index contributed by atoms with van der Waals surface area (Å²) < 4.78 is 51.9. The molecule has 7 heteroatoms. The van der Waals surface area contributed by atoms with Crippen molar-refractivity contribution in [2.45, 2.75) is 25.1 Å². The van der Waals surface area contributed by atoms with Gasteiger partial charge in [-0.15, -0.1) is 0 Å². The molecule has 0 saturated carbocycles. The molecule has 2 atom stereocenters. The second-order valence-corrected chi connectivity index (χ2v) is 6.75. The number of alkyl halides is 3. The number of carboxylic acids is 1. The topological polar surface area (TPSA) is 40.5 Å². The van der Waals surface area contributed by atoms with Gasteiger partial charge in [0.1, 0.15) is 5.82 Å². The molecule has 0 spiro atoms. The van der Waals surface area contributed by atoms with Crippen molar-refractivity contribution in [2.24, 2.45) is 5.92 Å². The normalized spacial score (nSPS) is 19.6. The predicted molar refractivity (Wildman–Crippen MR) is 91.6 cm³/mol. The first-order chi connectivity index (χ1) is 12.8. The number of benzene rings is 2. The second-order valence-electron chi connectivity index (χ2n) is 6.75. The Labute approximate surface area is 154 Å². The van der Waals surface area contributed by atoms with Crippen LogP contribution in [0.4, 0.5) is 17.6 Å². The summed E-state index contributed by atoms with van der Waals surface area (Å²) in [6.07, 6.45) is -3.19. The van der Waals surface area contributed by atoms with E-state index in [4.69, 9.17) is 0 Å². The Hall–Kier alpha value is -2.41. The zero-order valence-corrected chi connectivity index (χ0v) is 14.4. The van der Waals surface area contributed by atoms with E-state index in [-0.39, 0.29) is 0 Å². The SMILES string of the molecule is O=C(O)C1CCCN(C(c2ccc(F)cc2)c2ccc(C(F)(F)F)cc2)C1. The molecular weight excluding hydrogens is 362 g/mol. The number of hydrogen-bond acceptors (Lipinski definition) is 2. The lowest BCUT2D eigenvalue weighted by molar-refractivity contribution is -0.144. The molecule has 1 N–H and O–H groups in total. The van der Waals surface area contributed by atoms with Crippen molar-refractivity contribution >= 4 is 5.97 Å². The number of halogens is 4. The van der Waals surface area contributed by atoms with Gasteiger partial charge in [0.25, 0.3) is 0 Å². The highest BCUT2D eigenvalue weighted by atomic mass is 19.4. The van der Waals surface area contributed by atoms with Gasteiger partial charge in [0.15, 0.2) is 0 Å². The summed E-state index contributed by atoms with van der Waals surface area (Å²) in [4.78, 5) is 13.3. The number of aliphatic carboxylic acids is 1. The Kier molecular flexibility index (Phi) is 5.51. The standard InChI is InChI=1S/C20H19F4NO2/c21-17-9-5-14(6-10-17)18(25-11-1-2-15(12-25)19(26)27)13-3-7-16(8-4-13)20(22,23)24/h3-10,15,18H,1-2,11-12H2,(H,26,27). The number of piperidine rings is 1. The maximum atomic E-state index is 13.3. The van der Waals surface area contributed by atoms with Gasteiger partial charge in [-0.1, -0.05) is 24.3 Å². The third kappa shape index (κ3) is 4.47. The van der Waals surface area contributed by atoms with E-state index in [0.717, 1.165) is 12.1 Å². The molecule has 3 rings (SSSR count). The quantitative estimate of drug-likeness (QED) is 0.779. The number of nitrogens with zero attached hydrogens (tertiary/aromatic N) is 1. The van der Waals surface area contributed by atoms with Gasteiger partial charge in [0.2, 0.25) is 0 Å². The van der Waals surface area contributed by atoms with Gasteiger partial charge in [-0.05, 0) is 54.8 Å². The van der Waals surface area contributed by atoms with Crippen LogP contribution >= 0.6 is 0 Å². The van der Waals surface area contributed by atoms with Crippen LogP contribution in [0.5, 0.6) is 0 Å². The zero-order chi connectivity index (χ0) is 19.6. The van der Waals surface area contributed by atoms with Crippen LogP contribution in [0.1, 0.15) is 35.6 Å². The van der Waals surface area contributed by atoms with Crippen molar-refractivity contribution in [3.63, 3.8) is 0 Å². The largest absolute Gasteiger partial charge is 0.481 e. The Balaban J connectivity index is 1.97. The van der Waals surface area contributed by atoms with Crippen molar-refractivity contribution < 1.29 is 27.5 Å². The molecule has 144 valence electrons. The molecule has 0 amide bonds. The summed E-state index contributed by atoms with van der Waals surface area (Å²) in [5, 5.41) is 9.34. The van der Waals surface area contributed by atoms with E-state index in [1.165, 1.54) is 24.3 Å². The van der Waals surface area contributed by atoms with Gasteiger partial charge >= 0.3 is 12.1 Å². The van der Waals surface area contributed by atoms with Gasteiger partial charge < -0.3 is 5.11 Å². The average Bonchev–Trinajstić information content (AvgIpc) is 2.63. The highest BCUT2D eigenvalue weighted by Crippen LogP contribution is 2.35. The van der Waals surface area contributed by atoms with Crippen molar-refractivity contribution in [1.29, 1.82) is 0 Å². The molecule has 1 aliphatic rings. The molecular formula is C20H19F4NO2. The molecule has 2 aromatic rings. The molecule has 2 unspecified atom stereocenters. The highest BCUT2D eigenvalue weighted by molar-refractivity contribution is 5.70. The fourth-order valence-corrected chi connectivity index (χ4v) is 3.56. The Morgan fingerprint density at radius 1 is 1.04 bits per heavy atom. The summed E-state index contributed by atoms with van der Waals surface area (Å²) in [6, 6.07) is 10.2. The molecule has 0 bridgehead atoms. The lowest BCUT2D eigenvalue weighted by atomic mass is 9.91. The summed E-state index contributed by atoms with van der Waals surface area (Å²) in [5.74, 6) is -1.83. The summed E-state index contributed by atoms with van der Waals surface area (Å²) in [6.45, 7) is 0.908. The second kappa shape index (κ2) is 7.68. The molecule has 27 heavy (non-hydrogen) atoms. The van der Waals surface area contributed by atoms with Crippen LogP contribution in [0.2, 0.25) is 0 Å². The first-order valence-electron chi connectivity index (χ1n) is 8.65. The number of carbonyl (C=O) groups is 1. The maximum Gasteiger partial charge on any atom is 0.416 e. The van der Waals surface area contributed by atoms with Gasteiger partial charge in [-0.3, -0.25) is 9.69 Å². The predicted octanol–water partition coefficient (Wildman–Crippen LogP) is 4.73. The van der Waals surface area contributed by atoms with Crippen LogP contribution in [0.15, 0.2) is 48.5 Å². The zero-order valence-electron chi connectivity index (χ0n) is 14.4. The van der Waals surface area contributed by atoms with Gasteiger partial charge in [-0.25, -0.2) is 4.39 Å². The molecule has 1 saturated heterocycles. The summed E-state index contributed by atoms with van der Waals surface area (Å²) in [7, 11) is 0. The Morgan fingerprint density at radius 2 is 1.59 bits per heavy atom. The van der Waals surface area contributed by atoms with E-state index >= 15 is 0 Å². The average molecular weight is 381 g/mol. The lowest BCUT2D eigenvalue weighted by Gasteiger charge is -2.37. The number of hydrogen-bond donors (Lipinski definition) is 1. The van der Waals surface area contributed by atoms with Gasteiger partial charge in [-0.2, -0.15) is 13.2 Å². The molecule has 3 nitrogen and oxygen atoms in total. The molecule has 2 aromatic carbocycles. The Morgan fingerprint density at radius 3 is 2.11 bits per heavy atom. The summed E-state index contributed by atoms with van der Waals surface area (Å²) >= 11 is 0. The molecule has 0 aromatic heterocycles. The Bertz CT molecular complexity index is 787. The van der Waals surface area contributed by atoms with Crippen molar-refractivity contribution in [3.8, 4) is 0 Å². The minimum atomic E-state index is -4.43. The smallest absolute Gasteiger partial charge is 0.416 e. The fraction of sp³-hybridized carbons (Fsp3) is 0.350. The number of likely N-dealkylation sites (tertiary alicyclic amines) is 1. The van der Waals surface area contributed by atoms with Crippen LogP contribution in [0.25, 0.3) is 0 Å². The van der Waals surface area contributed by atoms with Crippen LogP contribution in [-0.2, 0) is 11.0 Å². The first-order valence-corrected chi connectivity index (χ1v) is 8.65. The van der Waals surface area contributed by atoms with E-state index in [0.29, 0.717) is 37.1 Å². The molecule has 1 fully saturated rings. The van der Waals surface area contributed by atoms with Crippen molar-refractivity contribution in [3.05, 3.63) is 71.0 Å². The maximum absolute atomic E-state index is 13.3. The van der Waals surface area contributed by atoms with Crippen LogP contribution in [0.3, 0.4) is 0 Å². The van der Waals surface area contributed by atoms with Gasteiger partial charge in [0, 0.05) is 6.54 Å². The highest BCUT2D eigenvalue weighted by Gasteiger charge is 2.33. The van der Waals surface area contributed by atoms with Crippen molar-refractivity contribution in [1.82, 2.24) is 4.90 Å². The minimum absolute atomic E-state index is 0.290. The summed E-state index contributed by atoms with van der Waals surface area (Å²) in [5.41, 5.74) is 0.578. The lowest BCUT2D eigenvalue weighted by Crippen LogP contribution is -2.41. The fourth-order valence-electron chi connectivity index (χ4n) is 3.56. The molecule has 1 aliphatic heterocycles. The van der Waals surface area contributed by atoms with E-state index in [2.05, 4.69) is 0 Å².